The molecule has 0 aliphatic rings. The molecule has 0 aliphatic carbocycles. The molecule has 0 atom stereocenters. The van der Waals surface area contributed by atoms with Crippen molar-refractivity contribution in [3.63, 3.8) is 0 Å². The van der Waals surface area contributed by atoms with Crippen LogP contribution in [-0.2, 0) is 0 Å². The maximum absolute atomic E-state index is 12.5. The summed E-state index contributed by atoms with van der Waals surface area (Å²) in [5.41, 5.74) is 0.601. The van der Waals surface area contributed by atoms with E-state index >= 15 is 0 Å². The lowest BCUT2D eigenvalue weighted by Gasteiger charge is -2.11. The van der Waals surface area contributed by atoms with E-state index in [1.54, 1.807) is 31.2 Å². The molecule has 2 heterocycles. The summed E-state index contributed by atoms with van der Waals surface area (Å²) in [6.07, 6.45) is 3.00. The first-order valence-electron chi connectivity index (χ1n) is 7.55. The molecular formula is C16H14F2N4O3S. The largest absolute Gasteiger partial charge is 0.490 e. The van der Waals surface area contributed by atoms with Gasteiger partial charge in [-0.25, -0.2) is 5.10 Å². The van der Waals surface area contributed by atoms with E-state index in [1.807, 2.05) is 0 Å². The van der Waals surface area contributed by atoms with Crippen molar-refractivity contribution in [3.8, 4) is 23.1 Å². The lowest BCUT2D eigenvalue weighted by atomic mass is 10.2. The zero-order valence-electron chi connectivity index (χ0n) is 13.6. The Bertz CT molecular complexity index is 951. The van der Waals surface area contributed by atoms with Crippen LogP contribution in [0.4, 0.5) is 8.78 Å². The highest BCUT2D eigenvalue weighted by Gasteiger charge is 2.12. The van der Waals surface area contributed by atoms with E-state index in [1.165, 1.54) is 23.2 Å². The molecule has 0 saturated carbocycles. The molecule has 2 aromatic heterocycles. The van der Waals surface area contributed by atoms with Crippen molar-refractivity contribution in [1.29, 1.82) is 0 Å². The summed E-state index contributed by atoms with van der Waals surface area (Å²) in [4.78, 5) is 0. The van der Waals surface area contributed by atoms with Crippen LogP contribution in [0.5, 0.6) is 11.5 Å². The van der Waals surface area contributed by atoms with Crippen LogP contribution in [0.2, 0.25) is 0 Å². The van der Waals surface area contributed by atoms with E-state index in [-0.39, 0.29) is 16.3 Å². The van der Waals surface area contributed by atoms with Crippen LogP contribution in [0.25, 0.3) is 11.6 Å². The number of benzene rings is 1. The maximum atomic E-state index is 12.5. The number of furan rings is 1. The van der Waals surface area contributed by atoms with E-state index in [9.17, 15) is 8.78 Å². The summed E-state index contributed by atoms with van der Waals surface area (Å²) in [5, 5.41) is 11.0. The minimum absolute atomic E-state index is 0.0461. The fraction of sp³-hybridized carbons (Fsp3) is 0.188. The maximum Gasteiger partial charge on any atom is 0.387 e. The number of halogens is 2. The van der Waals surface area contributed by atoms with E-state index in [0.29, 0.717) is 23.8 Å². The summed E-state index contributed by atoms with van der Waals surface area (Å²) in [5.74, 6) is 1.04. The van der Waals surface area contributed by atoms with Crippen LogP contribution in [0.3, 0.4) is 0 Å². The number of hydrogen-bond acceptors (Lipinski definition) is 6. The number of H-pyrrole nitrogens is 1. The van der Waals surface area contributed by atoms with Gasteiger partial charge in [-0.2, -0.15) is 18.6 Å². The number of ether oxygens (including phenoxy) is 2. The van der Waals surface area contributed by atoms with Crippen LogP contribution in [0.1, 0.15) is 12.5 Å². The molecule has 0 unspecified atom stereocenters. The van der Waals surface area contributed by atoms with Crippen LogP contribution in [0, 0.1) is 4.77 Å². The molecule has 1 aromatic carbocycles. The van der Waals surface area contributed by atoms with Crippen LogP contribution >= 0.6 is 12.2 Å². The van der Waals surface area contributed by atoms with Crippen molar-refractivity contribution in [2.45, 2.75) is 13.5 Å². The van der Waals surface area contributed by atoms with Crippen molar-refractivity contribution in [3.05, 3.63) is 46.9 Å². The number of aromatic amines is 1. The van der Waals surface area contributed by atoms with Gasteiger partial charge in [0.05, 0.1) is 19.1 Å². The monoisotopic (exact) mass is 380 g/mol. The molecule has 0 fully saturated rings. The molecule has 3 aromatic rings. The SMILES string of the molecule is CCOc1cc(C=Nn2c(-c3ccco3)n[nH]c2=S)ccc1OC(F)F. The summed E-state index contributed by atoms with van der Waals surface area (Å²) in [7, 11) is 0. The minimum Gasteiger partial charge on any atom is -0.490 e. The van der Waals surface area contributed by atoms with Crippen molar-refractivity contribution >= 4 is 18.4 Å². The van der Waals surface area contributed by atoms with Gasteiger partial charge in [0, 0.05) is 0 Å². The Hall–Kier alpha value is -3.01. The second-order valence-electron chi connectivity index (χ2n) is 4.90. The molecule has 0 saturated heterocycles. The number of hydrogen-bond donors (Lipinski definition) is 1. The van der Waals surface area contributed by atoms with Crippen molar-refractivity contribution in [2.24, 2.45) is 5.10 Å². The van der Waals surface area contributed by atoms with E-state index in [0.717, 1.165) is 0 Å². The number of rotatable bonds is 7. The Labute approximate surface area is 151 Å². The summed E-state index contributed by atoms with van der Waals surface area (Å²) < 4.78 is 41.7. The van der Waals surface area contributed by atoms with Gasteiger partial charge in [-0.3, -0.25) is 0 Å². The molecule has 7 nitrogen and oxygen atoms in total. The molecule has 0 radical (unpaired) electrons. The number of alkyl halides is 2. The Morgan fingerprint density at radius 2 is 2.23 bits per heavy atom. The first kappa shape index (κ1) is 17.8. The van der Waals surface area contributed by atoms with Gasteiger partial charge in [0.15, 0.2) is 17.3 Å². The van der Waals surface area contributed by atoms with Gasteiger partial charge in [0.2, 0.25) is 10.6 Å². The van der Waals surface area contributed by atoms with Crippen molar-refractivity contribution < 1.29 is 22.7 Å². The first-order valence-corrected chi connectivity index (χ1v) is 7.96. The van der Waals surface area contributed by atoms with Crippen LogP contribution in [-0.4, -0.2) is 34.3 Å². The Morgan fingerprint density at radius 3 is 2.92 bits per heavy atom. The second-order valence-corrected chi connectivity index (χ2v) is 5.29. The molecule has 1 N–H and O–H groups in total. The molecule has 136 valence electrons. The Kier molecular flexibility index (Phi) is 5.42. The second kappa shape index (κ2) is 7.91. The molecule has 0 spiro atoms. The highest BCUT2D eigenvalue weighted by Crippen LogP contribution is 2.29. The summed E-state index contributed by atoms with van der Waals surface area (Å²) >= 11 is 5.16. The number of aromatic nitrogens is 3. The van der Waals surface area contributed by atoms with Crippen LogP contribution < -0.4 is 9.47 Å². The lowest BCUT2D eigenvalue weighted by molar-refractivity contribution is -0.0514. The van der Waals surface area contributed by atoms with Crippen molar-refractivity contribution in [2.75, 3.05) is 6.61 Å². The highest BCUT2D eigenvalue weighted by molar-refractivity contribution is 7.71. The van der Waals surface area contributed by atoms with E-state index < -0.39 is 6.61 Å². The van der Waals surface area contributed by atoms with Gasteiger partial charge in [-0.15, -0.1) is 5.10 Å². The highest BCUT2D eigenvalue weighted by atomic mass is 32.1. The van der Waals surface area contributed by atoms with Gasteiger partial charge in [0.25, 0.3) is 0 Å². The van der Waals surface area contributed by atoms with Gasteiger partial charge in [0.1, 0.15) is 0 Å². The third-order valence-electron chi connectivity index (χ3n) is 3.20. The molecule has 0 aliphatic heterocycles. The number of nitrogens with zero attached hydrogens (tertiary/aromatic N) is 3. The fourth-order valence-corrected chi connectivity index (χ4v) is 2.33. The lowest BCUT2D eigenvalue weighted by Crippen LogP contribution is -2.05. The smallest absolute Gasteiger partial charge is 0.387 e. The fourth-order valence-electron chi connectivity index (χ4n) is 2.16. The molecular weight excluding hydrogens is 366 g/mol. The molecule has 26 heavy (non-hydrogen) atoms. The molecule has 3 rings (SSSR count). The quantitative estimate of drug-likeness (QED) is 0.494. The topological polar surface area (TPSA) is 77.6 Å². The standard InChI is InChI=1S/C16H14F2N4O3S/c1-2-23-13-8-10(5-6-11(13)25-15(17)18)9-19-22-14(20-21-16(22)26)12-4-3-7-24-12/h3-9,15H,2H2,1H3,(H,21,26). The molecule has 0 amide bonds. The average molecular weight is 380 g/mol. The minimum atomic E-state index is -2.94. The van der Waals surface area contributed by atoms with Crippen LogP contribution in [0.15, 0.2) is 46.1 Å². The van der Waals surface area contributed by atoms with E-state index in [2.05, 4.69) is 20.0 Å². The van der Waals surface area contributed by atoms with Crippen molar-refractivity contribution in [1.82, 2.24) is 14.9 Å². The summed E-state index contributed by atoms with van der Waals surface area (Å²) in [6, 6.07) is 7.94. The first-order chi connectivity index (χ1) is 12.6. The Morgan fingerprint density at radius 1 is 1.38 bits per heavy atom. The Balaban J connectivity index is 1.91. The average Bonchev–Trinajstić information content (AvgIpc) is 3.24. The zero-order chi connectivity index (χ0) is 18.5. The predicted octanol–water partition coefficient (Wildman–Crippen LogP) is 4.08. The number of nitrogens with one attached hydrogen (secondary N) is 1. The van der Waals surface area contributed by atoms with Gasteiger partial charge >= 0.3 is 6.61 Å². The molecule has 0 bridgehead atoms. The molecule has 10 heteroatoms. The third kappa shape index (κ3) is 3.97. The van der Waals surface area contributed by atoms with Gasteiger partial charge in [-0.05, 0) is 55.0 Å². The van der Waals surface area contributed by atoms with Gasteiger partial charge in [-0.1, -0.05) is 0 Å². The normalized spacial score (nSPS) is 11.4. The van der Waals surface area contributed by atoms with Gasteiger partial charge < -0.3 is 13.9 Å². The predicted molar refractivity (Wildman–Crippen MR) is 92.3 cm³/mol. The third-order valence-corrected chi connectivity index (χ3v) is 3.46. The van der Waals surface area contributed by atoms with E-state index in [4.69, 9.17) is 21.4 Å². The zero-order valence-corrected chi connectivity index (χ0v) is 14.4. The summed E-state index contributed by atoms with van der Waals surface area (Å²) in [6.45, 7) is -0.892.